The highest BCUT2D eigenvalue weighted by atomic mass is 35.5. The molecule has 0 bridgehead atoms. The van der Waals surface area contributed by atoms with E-state index in [0.717, 1.165) is 11.3 Å². The van der Waals surface area contributed by atoms with Crippen molar-refractivity contribution < 1.29 is 13.2 Å². The fraction of sp³-hybridized carbons (Fsp3) is 0.308. The van der Waals surface area contributed by atoms with Gasteiger partial charge in [-0.15, -0.1) is 11.3 Å². The van der Waals surface area contributed by atoms with Crippen LogP contribution in [0.2, 0.25) is 4.34 Å². The van der Waals surface area contributed by atoms with Crippen LogP contribution in [0.15, 0.2) is 33.3 Å². The molecule has 0 aliphatic carbocycles. The maximum atomic E-state index is 12.0. The van der Waals surface area contributed by atoms with Gasteiger partial charge in [-0.25, -0.2) is 13.1 Å². The average Bonchev–Trinajstić information content (AvgIpc) is 2.89. The number of methoxy groups -OCH3 is 1. The van der Waals surface area contributed by atoms with Gasteiger partial charge in [-0.2, -0.15) is 0 Å². The van der Waals surface area contributed by atoms with E-state index < -0.39 is 10.0 Å². The number of sulfonamides is 1. The maximum absolute atomic E-state index is 12.0. The van der Waals surface area contributed by atoms with Crippen LogP contribution < -0.4 is 15.0 Å². The number of ether oxygens (including phenoxy) is 1. The summed E-state index contributed by atoms with van der Waals surface area (Å²) in [5, 5.41) is 0. The number of nitrogens with zero attached hydrogens (tertiary/aromatic N) is 1. The lowest BCUT2D eigenvalue weighted by atomic mass is 10.3. The first-order valence-corrected chi connectivity index (χ1v) is 9.02. The van der Waals surface area contributed by atoms with E-state index in [0.29, 0.717) is 15.8 Å². The first-order valence-electron chi connectivity index (χ1n) is 6.34. The number of rotatable bonds is 6. The van der Waals surface area contributed by atoms with E-state index in [1.165, 1.54) is 29.9 Å². The van der Waals surface area contributed by atoms with Crippen LogP contribution in [0.1, 0.15) is 5.69 Å². The number of halogens is 1. The van der Waals surface area contributed by atoms with Crippen molar-refractivity contribution in [3.8, 4) is 5.75 Å². The van der Waals surface area contributed by atoms with Crippen LogP contribution in [0.4, 0.5) is 0 Å². The summed E-state index contributed by atoms with van der Waals surface area (Å²) in [7, 11) is -2.12. The summed E-state index contributed by atoms with van der Waals surface area (Å²) in [5.74, 6) is 0.479. The van der Waals surface area contributed by atoms with Crippen molar-refractivity contribution in [2.75, 3.05) is 13.7 Å². The van der Waals surface area contributed by atoms with E-state index in [2.05, 4.69) is 4.72 Å². The Kier molecular flexibility index (Phi) is 5.28. The van der Waals surface area contributed by atoms with Crippen LogP contribution in [0.25, 0.3) is 0 Å². The van der Waals surface area contributed by atoms with Gasteiger partial charge in [0, 0.05) is 24.8 Å². The Hall–Kier alpha value is -1.35. The molecule has 0 unspecified atom stereocenters. The minimum atomic E-state index is -3.60. The second-order valence-corrected chi connectivity index (χ2v) is 8.19. The van der Waals surface area contributed by atoms with Gasteiger partial charge in [-0.05, 0) is 25.1 Å². The number of hydrogen-bond acceptors (Lipinski definition) is 5. The molecule has 0 fully saturated rings. The summed E-state index contributed by atoms with van der Waals surface area (Å²) >= 11 is 6.72. The van der Waals surface area contributed by atoms with Crippen molar-refractivity contribution in [1.29, 1.82) is 0 Å². The van der Waals surface area contributed by atoms with Gasteiger partial charge in [0.05, 0.1) is 11.4 Å². The largest absolute Gasteiger partial charge is 0.496 e. The lowest BCUT2D eigenvalue weighted by molar-refractivity contribution is 0.411. The molecule has 2 aromatic heterocycles. The molecule has 0 spiro atoms. The van der Waals surface area contributed by atoms with E-state index >= 15 is 0 Å². The van der Waals surface area contributed by atoms with Crippen LogP contribution in [0.5, 0.6) is 5.75 Å². The second kappa shape index (κ2) is 6.82. The van der Waals surface area contributed by atoms with E-state index in [9.17, 15) is 13.2 Å². The highest BCUT2D eigenvalue weighted by Crippen LogP contribution is 2.25. The molecule has 0 atom stereocenters. The maximum Gasteiger partial charge on any atom is 0.254 e. The Morgan fingerprint density at radius 2 is 2.09 bits per heavy atom. The van der Waals surface area contributed by atoms with E-state index in [1.807, 2.05) is 0 Å². The Morgan fingerprint density at radius 3 is 2.64 bits per heavy atom. The second-order valence-electron chi connectivity index (χ2n) is 4.48. The number of nitrogens with one attached hydrogen (secondary N) is 1. The van der Waals surface area contributed by atoms with Gasteiger partial charge >= 0.3 is 0 Å². The number of aryl methyl sites for hydroxylation is 1. The monoisotopic (exact) mass is 362 g/mol. The van der Waals surface area contributed by atoms with Crippen molar-refractivity contribution in [3.05, 3.63) is 44.6 Å². The van der Waals surface area contributed by atoms with Gasteiger partial charge in [0.1, 0.15) is 9.96 Å². The molecule has 22 heavy (non-hydrogen) atoms. The standard InChI is InChI=1S/C13H15ClN2O4S2/c1-9-7-10(20-2)8-12(17)16(9)6-5-15-22(18,19)13-4-3-11(14)21-13/h3-4,7-8,15H,5-6H2,1-2H3. The van der Waals surface area contributed by atoms with Gasteiger partial charge in [0.2, 0.25) is 10.0 Å². The number of hydrogen-bond donors (Lipinski definition) is 1. The average molecular weight is 363 g/mol. The molecule has 0 saturated heterocycles. The van der Waals surface area contributed by atoms with Crippen molar-refractivity contribution >= 4 is 33.0 Å². The lowest BCUT2D eigenvalue weighted by Gasteiger charge is -2.11. The molecule has 0 aliphatic heterocycles. The summed E-state index contributed by atoms with van der Waals surface area (Å²) in [5.41, 5.74) is 0.456. The van der Waals surface area contributed by atoms with Crippen LogP contribution >= 0.6 is 22.9 Å². The SMILES string of the molecule is COc1cc(C)n(CCNS(=O)(=O)c2ccc(Cl)s2)c(=O)c1. The van der Waals surface area contributed by atoms with Gasteiger partial charge < -0.3 is 9.30 Å². The summed E-state index contributed by atoms with van der Waals surface area (Å²) in [4.78, 5) is 11.9. The molecule has 0 aliphatic rings. The zero-order valence-corrected chi connectivity index (χ0v) is 14.4. The molecule has 0 saturated carbocycles. The highest BCUT2D eigenvalue weighted by molar-refractivity contribution is 7.91. The fourth-order valence-corrected chi connectivity index (χ4v) is 4.46. The molecule has 1 N–H and O–H groups in total. The molecule has 0 aromatic carbocycles. The van der Waals surface area contributed by atoms with Gasteiger partial charge in [0.25, 0.3) is 5.56 Å². The Balaban J connectivity index is 2.07. The van der Waals surface area contributed by atoms with Gasteiger partial charge in [-0.3, -0.25) is 4.79 Å². The molecule has 0 amide bonds. The van der Waals surface area contributed by atoms with Crippen molar-refractivity contribution in [3.63, 3.8) is 0 Å². The Labute approximate surface area is 137 Å². The number of thiophene rings is 1. The van der Waals surface area contributed by atoms with Gasteiger partial charge in [0.15, 0.2) is 0 Å². The van der Waals surface area contributed by atoms with Gasteiger partial charge in [-0.1, -0.05) is 11.6 Å². The molecule has 9 heteroatoms. The molecule has 6 nitrogen and oxygen atoms in total. The molecule has 2 aromatic rings. The lowest BCUT2D eigenvalue weighted by Crippen LogP contribution is -2.31. The van der Waals surface area contributed by atoms with Crippen molar-refractivity contribution in [2.24, 2.45) is 0 Å². The fourth-order valence-electron chi connectivity index (χ4n) is 1.91. The first-order chi connectivity index (χ1) is 10.3. The summed E-state index contributed by atoms with van der Waals surface area (Å²) in [6.07, 6.45) is 0. The number of aromatic nitrogens is 1. The Morgan fingerprint density at radius 1 is 1.36 bits per heavy atom. The molecular formula is C13H15ClN2O4S2. The third kappa shape index (κ3) is 3.89. The molecule has 0 radical (unpaired) electrons. The molecular weight excluding hydrogens is 348 g/mol. The summed E-state index contributed by atoms with van der Waals surface area (Å²) in [6.45, 7) is 2.09. The summed E-state index contributed by atoms with van der Waals surface area (Å²) in [6, 6.07) is 6.05. The quantitative estimate of drug-likeness (QED) is 0.850. The number of pyridine rings is 1. The molecule has 2 heterocycles. The topological polar surface area (TPSA) is 77.4 Å². The van der Waals surface area contributed by atoms with E-state index in [1.54, 1.807) is 13.0 Å². The predicted octanol–water partition coefficient (Wildman–Crippen LogP) is 1.86. The minimum absolute atomic E-state index is 0.102. The predicted molar refractivity (Wildman–Crippen MR) is 86.5 cm³/mol. The minimum Gasteiger partial charge on any atom is -0.496 e. The van der Waals surface area contributed by atoms with Crippen LogP contribution in [-0.2, 0) is 16.6 Å². The van der Waals surface area contributed by atoms with Crippen LogP contribution in [0.3, 0.4) is 0 Å². The summed E-state index contributed by atoms with van der Waals surface area (Å²) < 4.78 is 33.6. The third-order valence-electron chi connectivity index (χ3n) is 2.99. The van der Waals surface area contributed by atoms with E-state index in [-0.39, 0.29) is 22.9 Å². The zero-order valence-electron chi connectivity index (χ0n) is 12.0. The van der Waals surface area contributed by atoms with E-state index in [4.69, 9.17) is 16.3 Å². The smallest absolute Gasteiger partial charge is 0.254 e. The normalized spacial score (nSPS) is 11.6. The highest BCUT2D eigenvalue weighted by Gasteiger charge is 2.16. The van der Waals surface area contributed by atoms with Crippen LogP contribution in [-0.4, -0.2) is 26.6 Å². The third-order valence-corrected chi connectivity index (χ3v) is 6.17. The zero-order chi connectivity index (χ0) is 16.3. The van der Waals surface area contributed by atoms with Crippen molar-refractivity contribution in [1.82, 2.24) is 9.29 Å². The molecule has 120 valence electrons. The van der Waals surface area contributed by atoms with Crippen molar-refractivity contribution in [2.45, 2.75) is 17.7 Å². The Bertz CT molecular complexity index is 827. The van der Waals surface area contributed by atoms with Crippen LogP contribution in [0, 0.1) is 6.92 Å². The molecule has 2 rings (SSSR count). The first kappa shape index (κ1) is 17.0.